The molecule has 1 N–H and O–H groups in total. The van der Waals surface area contributed by atoms with Crippen molar-refractivity contribution in [3.63, 3.8) is 0 Å². The van der Waals surface area contributed by atoms with Gasteiger partial charge in [0.05, 0.1) is 0 Å². The number of nitrogens with one attached hydrogen (secondary N) is 1. The molecule has 0 unspecified atom stereocenters. The first kappa shape index (κ1) is 12.3. The number of hydrogen-bond acceptors (Lipinski definition) is 3. The average Bonchev–Trinajstić information content (AvgIpc) is 2.75. The highest BCUT2D eigenvalue weighted by Gasteiger charge is 2.39. The zero-order valence-electron chi connectivity index (χ0n) is 9.93. The van der Waals surface area contributed by atoms with Gasteiger partial charge in [-0.2, -0.15) is 4.31 Å². The van der Waals surface area contributed by atoms with Gasteiger partial charge in [0.2, 0.25) is 0 Å². The van der Waals surface area contributed by atoms with Crippen LogP contribution in [0, 0.1) is 5.41 Å². The molecule has 1 aliphatic rings. The van der Waals surface area contributed by atoms with Crippen LogP contribution in [0.2, 0.25) is 0 Å². The van der Waals surface area contributed by atoms with Gasteiger partial charge in [-0.3, -0.25) is 4.79 Å². The highest BCUT2D eigenvalue weighted by Crippen LogP contribution is 2.28. The van der Waals surface area contributed by atoms with E-state index < -0.39 is 15.4 Å². The number of aromatic amines is 1. The molecule has 0 aliphatic carbocycles. The normalized spacial score (nSPS) is 21.6. The summed E-state index contributed by atoms with van der Waals surface area (Å²) >= 11 is 0. The average molecular weight is 256 g/mol. The van der Waals surface area contributed by atoms with E-state index in [0.717, 1.165) is 0 Å². The van der Waals surface area contributed by atoms with Gasteiger partial charge in [0.25, 0.3) is 10.0 Å². The second-order valence-corrected chi connectivity index (χ2v) is 6.84. The standard InChI is InChI=1S/C11H16N2O3S/c1-11(2)8-13(7-5-9(11)14)17(15,16)10-4-3-6-12-10/h3-4,6,12H,5,7-8H2,1-2H3. The molecule has 17 heavy (non-hydrogen) atoms. The first-order valence-electron chi connectivity index (χ1n) is 5.51. The van der Waals surface area contributed by atoms with E-state index in [1.165, 1.54) is 10.4 Å². The van der Waals surface area contributed by atoms with Crippen molar-refractivity contribution in [3.05, 3.63) is 18.3 Å². The van der Waals surface area contributed by atoms with Gasteiger partial charge in [0, 0.05) is 31.1 Å². The number of sulfonamides is 1. The minimum atomic E-state index is -3.49. The third kappa shape index (κ3) is 2.14. The maximum absolute atomic E-state index is 12.2. The SMILES string of the molecule is CC1(C)CN(S(=O)(=O)c2ccc[nH]2)CCC1=O. The van der Waals surface area contributed by atoms with Crippen molar-refractivity contribution in [2.45, 2.75) is 25.3 Å². The summed E-state index contributed by atoms with van der Waals surface area (Å²) in [5.41, 5.74) is -0.599. The Morgan fingerprint density at radius 1 is 1.41 bits per heavy atom. The number of aromatic nitrogens is 1. The Balaban J connectivity index is 2.28. The van der Waals surface area contributed by atoms with Crippen molar-refractivity contribution in [2.24, 2.45) is 5.41 Å². The van der Waals surface area contributed by atoms with Crippen LogP contribution in [0.3, 0.4) is 0 Å². The number of nitrogens with zero attached hydrogens (tertiary/aromatic N) is 1. The van der Waals surface area contributed by atoms with Crippen LogP contribution in [0.1, 0.15) is 20.3 Å². The summed E-state index contributed by atoms with van der Waals surface area (Å²) in [4.78, 5) is 14.3. The summed E-state index contributed by atoms with van der Waals surface area (Å²) in [6.45, 7) is 4.08. The Morgan fingerprint density at radius 3 is 2.65 bits per heavy atom. The molecule has 2 rings (SSSR count). The number of ketones is 1. The highest BCUT2D eigenvalue weighted by molar-refractivity contribution is 7.89. The predicted molar refractivity (Wildman–Crippen MR) is 63.0 cm³/mol. The quantitative estimate of drug-likeness (QED) is 0.858. The first-order valence-corrected chi connectivity index (χ1v) is 6.95. The second kappa shape index (κ2) is 3.96. The van der Waals surface area contributed by atoms with Gasteiger partial charge in [-0.05, 0) is 12.1 Å². The molecule has 0 aromatic carbocycles. The molecule has 0 amide bonds. The van der Waals surface area contributed by atoms with Crippen LogP contribution < -0.4 is 0 Å². The molecule has 1 aliphatic heterocycles. The van der Waals surface area contributed by atoms with E-state index in [9.17, 15) is 13.2 Å². The monoisotopic (exact) mass is 256 g/mol. The van der Waals surface area contributed by atoms with Crippen LogP contribution in [0.4, 0.5) is 0 Å². The molecule has 0 saturated carbocycles. The van der Waals surface area contributed by atoms with Gasteiger partial charge in [-0.1, -0.05) is 13.8 Å². The molecule has 0 bridgehead atoms. The fraction of sp³-hybridized carbons (Fsp3) is 0.545. The molecular formula is C11H16N2O3S. The zero-order chi connectivity index (χ0) is 12.7. The molecule has 1 aromatic rings. The van der Waals surface area contributed by atoms with Gasteiger partial charge in [-0.15, -0.1) is 0 Å². The van der Waals surface area contributed by atoms with E-state index in [-0.39, 0.29) is 30.3 Å². The van der Waals surface area contributed by atoms with Crippen molar-refractivity contribution in [2.75, 3.05) is 13.1 Å². The smallest absolute Gasteiger partial charge is 0.258 e. The van der Waals surface area contributed by atoms with E-state index in [0.29, 0.717) is 0 Å². The summed E-state index contributed by atoms with van der Waals surface area (Å²) in [6.07, 6.45) is 1.86. The van der Waals surface area contributed by atoms with E-state index in [1.54, 1.807) is 26.1 Å². The molecule has 94 valence electrons. The number of Topliss-reactive ketones (excluding diaryl/α,β-unsaturated/α-hetero) is 1. The van der Waals surface area contributed by atoms with Crippen molar-refractivity contribution < 1.29 is 13.2 Å². The van der Waals surface area contributed by atoms with Gasteiger partial charge in [0.1, 0.15) is 10.8 Å². The van der Waals surface area contributed by atoms with Crippen molar-refractivity contribution in [1.82, 2.24) is 9.29 Å². The van der Waals surface area contributed by atoms with Crippen LogP contribution in [0.15, 0.2) is 23.4 Å². The van der Waals surface area contributed by atoms with Gasteiger partial charge < -0.3 is 4.98 Å². The predicted octanol–water partition coefficient (Wildman–Crippen LogP) is 1.00. The second-order valence-electron chi connectivity index (χ2n) is 4.93. The molecule has 5 nitrogen and oxygen atoms in total. The molecule has 0 atom stereocenters. The number of carbonyl (C=O) groups excluding carboxylic acids is 1. The number of rotatable bonds is 2. The fourth-order valence-corrected chi connectivity index (χ4v) is 3.56. The molecule has 1 saturated heterocycles. The van der Waals surface area contributed by atoms with Gasteiger partial charge in [0.15, 0.2) is 0 Å². The number of carbonyl (C=O) groups is 1. The Morgan fingerprint density at radius 2 is 2.12 bits per heavy atom. The van der Waals surface area contributed by atoms with Crippen LogP contribution >= 0.6 is 0 Å². The number of piperidine rings is 1. The molecule has 1 aromatic heterocycles. The lowest BCUT2D eigenvalue weighted by atomic mass is 9.84. The Hall–Kier alpha value is -1.14. The maximum Gasteiger partial charge on any atom is 0.258 e. The highest BCUT2D eigenvalue weighted by atomic mass is 32.2. The molecule has 2 heterocycles. The fourth-order valence-electron chi connectivity index (χ4n) is 1.99. The van der Waals surface area contributed by atoms with E-state index in [4.69, 9.17) is 0 Å². The van der Waals surface area contributed by atoms with E-state index in [2.05, 4.69) is 4.98 Å². The topological polar surface area (TPSA) is 70.2 Å². The third-order valence-electron chi connectivity index (χ3n) is 3.10. The lowest BCUT2D eigenvalue weighted by Gasteiger charge is -2.35. The number of hydrogen-bond donors (Lipinski definition) is 1. The summed E-state index contributed by atoms with van der Waals surface area (Å²) in [6, 6.07) is 3.17. The minimum Gasteiger partial charge on any atom is -0.351 e. The third-order valence-corrected chi connectivity index (χ3v) is 4.90. The lowest BCUT2D eigenvalue weighted by molar-refractivity contribution is -0.129. The maximum atomic E-state index is 12.2. The van der Waals surface area contributed by atoms with Gasteiger partial charge >= 0.3 is 0 Å². The van der Waals surface area contributed by atoms with Gasteiger partial charge in [-0.25, -0.2) is 8.42 Å². The molecular weight excluding hydrogens is 240 g/mol. The van der Waals surface area contributed by atoms with Crippen LogP contribution in [-0.2, 0) is 14.8 Å². The van der Waals surface area contributed by atoms with Crippen molar-refractivity contribution in [3.8, 4) is 0 Å². The molecule has 0 spiro atoms. The van der Waals surface area contributed by atoms with Crippen LogP contribution in [0.25, 0.3) is 0 Å². The van der Waals surface area contributed by atoms with Crippen LogP contribution in [-0.4, -0.2) is 36.6 Å². The van der Waals surface area contributed by atoms with Crippen molar-refractivity contribution >= 4 is 15.8 Å². The summed E-state index contributed by atoms with van der Waals surface area (Å²) < 4.78 is 25.8. The minimum absolute atomic E-state index is 0.121. The summed E-state index contributed by atoms with van der Waals surface area (Å²) in [7, 11) is -3.49. The molecule has 0 radical (unpaired) electrons. The van der Waals surface area contributed by atoms with E-state index in [1.807, 2.05) is 0 Å². The van der Waals surface area contributed by atoms with Crippen molar-refractivity contribution in [1.29, 1.82) is 0 Å². The van der Waals surface area contributed by atoms with E-state index >= 15 is 0 Å². The Labute approximate surface area is 101 Å². The lowest BCUT2D eigenvalue weighted by Crippen LogP contribution is -2.48. The first-order chi connectivity index (χ1) is 7.84. The molecule has 6 heteroatoms. The summed E-state index contributed by atoms with van der Waals surface area (Å²) in [5, 5.41) is 0.183. The Bertz CT molecular complexity index is 517. The molecule has 1 fully saturated rings. The Kier molecular flexibility index (Phi) is 2.87. The summed E-state index contributed by atoms with van der Waals surface area (Å²) in [5.74, 6) is 0.121. The van der Waals surface area contributed by atoms with Crippen LogP contribution in [0.5, 0.6) is 0 Å². The largest absolute Gasteiger partial charge is 0.351 e. The number of H-pyrrole nitrogens is 1. The zero-order valence-corrected chi connectivity index (χ0v) is 10.8.